The Morgan fingerprint density at radius 2 is 2.37 bits per heavy atom. The second-order valence-corrected chi connectivity index (χ2v) is 5.78. The Labute approximate surface area is 114 Å². The van der Waals surface area contributed by atoms with Crippen LogP contribution in [0.5, 0.6) is 0 Å². The number of carboxylic acid groups (broad SMARTS) is 1. The molecule has 3 rings (SSSR count). The molecule has 2 aromatic heterocycles. The maximum absolute atomic E-state index is 11.4. The zero-order valence-corrected chi connectivity index (χ0v) is 11.1. The largest absolute Gasteiger partial charge is 0.481 e. The standard InChI is InChI=1S/C12H14N4O2S/c17-11(18)12(3-1-4-12)8-16-10(13-14-15-16)6-9-2-5-19-7-9/h2,5,7H,1,3-4,6,8H2,(H,17,18). The van der Waals surface area contributed by atoms with Gasteiger partial charge in [-0.1, -0.05) is 6.42 Å². The molecule has 2 heterocycles. The number of carbonyl (C=O) groups is 1. The van der Waals surface area contributed by atoms with Crippen LogP contribution in [-0.4, -0.2) is 31.3 Å². The van der Waals surface area contributed by atoms with E-state index in [1.165, 1.54) is 0 Å². The van der Waals surface area contributed by atoms with Gasteiger partial charge in [-0.25, -0.2) is 4.68 Å². The minimum absolute atomic E-state index is 0.370. The predicted molar refractivity (Wildman–Crippen MR) is 68.9 cm³/mol. The highest BCUT2D eigenvalue weighted by Gasteiger charge is 2.45. The minimum atomic E-state index is -0.740. The molecule has 0 aliphatic heterocycles. The van der Waals surface area contributed by atoms with Crippen molar-refractivity contribution in [3.8, 4) is 0 Å². The molecule has 2 aromatic rings. The normalized spacial score (nSPS) is 17.1. The number of nitrogens with zero attached hydrogens (tertiary/aromatic N) is 4. The maximum Gasteiger partial charge on any atom is 0.311 e. The van der Waals surface area contributed by atoms with Crippen LogP contribution in [0, 0.1) is 5.41 Å². The highest BCUT2D eigenvalue weighted by Crippen LogP contribution is 2.42. The number of aliphatic carboxylic acids is 1. The molecule has 7 heteroatoms. The molecule has 0 amide bonds. The lowest BCUT2D eigenvalue weighted by molar-refractivity contribution is -0.156. The molecule has 6 nitrogen and oxygen atoms in total. The molecule has 0 unspecified atom stereocenters. The lowest BCUT2D eigenvalue weighted by Gasteiger charge is -2.37. The first-order chi connectivity index (χ1) is 9.20. The van der Waals surface area contributed by atoms with Crippen LogP contribution in [0.2, 0.25) is 0 Å². The molecule has 1 aliphatic rings. The summed E-state index contributed by atoms with van der Waals surface area (Å²) in [7, 11) is 0. The van der Waals surface area contributed by atoms with E-state index >= 15 is 0 Å². The highest BCUT2D eigenvalue weighted by atomic mass is 32.1. The van der Waals surface area contributed by atoms with Gasteiger partial charge in [0.2, 0.25) is 0 Å². The number of aromatic nitrogens is 4. The molecular weight excluding hydrogens is 264 g/mol. The molecule has 0 aromatic carbocycles. The van der Waals surface area contributed by atoms with Crippen LogP contribution in [0.4, 0.5) is 0 Å². The summed E-state index contributed by atoms with van der Waals surface area (Å²) >= 11 is 1.63. The Balaban J connectivity index is 1.78. The zero-order valence-electron chi connectivity index (χ0n) is 10.3. The van der Waals surface area contributed by atoms with Crippen molar-refractivity contribution in [2.75, 3.05) is 0 Å². The molecule has 0 bridgehead atoms. The van der Waals surface area contributed by atoms with E-state index in [1.807, 2.05) is 11.4 Å². The molecule has 0 atom stereocenters. The van der Waals surface area contributed by atoms with E-state index in [0.717, 1.165) is 17.8 Å². The third-order valence-corrected chi connectivity index (χ3v) is 4.50. The number of hydrogen-bond acceptors (Lipinski definition) is 5. The second-order valence-electron chi connectivity index (χ2n) is 5.00. The summed E-state index contributed by atoms with van der Waals surface area (Å²) in [6, 6.07) is 2.03. The van der Waals surface area contributed by atoms with Crippen LogP contribution in [0.15, 0.2) is 16.8 Å². The lowest BCUT2D eigenvalue weighted by Crippen LogP contribution is -2.42. The molecule has 1 fully saturated rings. The Bertz CT molecular complexity index is 574. The summed E-state index contributed by atoms with van der Waals surface area (Å²) in [4.78, 5) is 11.4. The molecule has 0 saturated heterocycles. The summed E-state index contributed by atoms with van der Waals surface area (Å²) in [6.45, 7) is 0.370. The first kappa shape index (κ1) is 12.3. The number of thiophene rings is 1. The number of rotatable bonds is 5. The summed E-state index contributed by atoms with van der Waals surface area (Å²) in [5.41, 5.74) is 0.484. The number of hydrogen-bond donors (Lipinski definition) is 1. The molecule has 19 heavy (non-hydrogen) atoms. The van der Waals surface area contributed by atoms with Crippen molar-refractivity contribution in [3.63, 3.8) is 0 Å². The van der Waals surface area contributed by atoms with Gasteiger partial charge in [0.05, 0.1) is 12.0 Å². The van der Waals surface area contributed by atoms with Crippen LogP contribution in [0.3, 0.4) is 0 Å². The van der Waals surface area contributed by atoms with Gasteiger partial charge in [-0.2, -0.15) is 11.3 Å². The monoisotopic (exact) mass is 278 g/mol. The van der Waals surface area contributed by atoms with Crippen LogP contribution in [-0.2, 0) is 17.8 Å². The molecule has 1 N–H and O–H groups in total. The van der Waals surface area contributed by atoms with Crippen molar-refractivity contribution in [2.45, 2.75) is 32.2 Å². The Hall–Kier alpha value is -1.76. The van der Waals surface area contributed by atoms with Crippen LogP contribution in [0.25, 0.3) is 0 Å². The van der Waals surface area contributed by atoms with E-state index in [-0.39, 0.29) is 0 Å². The van der Waals surface area contributed by atoms with Gasteiger partial charge in [-0.15, -0.1) is 5.10 Å². The quantitative estimate of drug-likeness (QED) is 0.898. The third kappa shape index (κ3) is 2.25. The van der Waals surface area contributed by atoms with Crippen LogP contribution >= 0.6 is 11.3 Å². The highest BCUT2D eigenvalue weighted by molar-refractivity contribution is 7.07. The fourth-order valence-electron chi connectivity index (χ4n) is 2.38. The Morgan fingerprint density at radius 1 is 1.53 bits per heavy atom. The molecule has 0 spiro atoms. The summed E-state index contributed by atoms with van der Waals surface area (Å²) < 4.78 is 1.64. The summed E-state index contributed by atoms with van der Waals surface area (Å²) in [5, 5.41) is 25.0. The summed E-state index contributed by atoms with van der Waals surface area (Å²) in [6.07, 6.45) is 3.03. The van der Waals surface area contributed by atoms with Crippen molar-refractivity contribution in [2.24, 2.45) is 5.41 Å². The van der Waals surface area contributed by atoms with Gasteiger partial charge in [0.15, 0.2) is 5.82 Å². The zero-order chi connectivity index (χ0) is 13.3. The topological polar surface area (TPSA) is 80.9 Å². The third-order valence-electron chi connectivity index (χ3n) is 3.77. The smallest absolute Gasteiger partial charge is 0.311 e. The molecule has 100 valence electrons. The summed E-state index contributed by atoms with van der Waals surface area (Å²) in [5.74, 6) is -0.0124. The number of carboxylic acids is 1. The van der Waals surface area contributed by atoms with Gasteiger partial charge < -0.3 is 5.11 Å². The van der Waals surface area contributed by atoms with Gasteiger partial charge in [-0.3, -0.25) is 4.79 Å². The van der Waals surface area contributed by atoms with Crippen molar-refractivity contribution in [1.82, 2.24) is 20.2 Å². The molecule has 1 saturated carbocycles. The SMILES string of the molecule is O=C(O)C1(Cn2nnnc2Cc2ccsc2)CCC1. The van der Waals surface area contributed by atoms with E-state index in [1.54, 1.807) is 16.0 Å². The fraction of sp³-hybridized carbons (Fsp3) is 0.500. The van der Waals surface area contributed by atoms with Crippen LogP contribution in [0.1, 0.15) is 30.7 Å². The van der Waals surface area contributed by atoms with E-state index in [4.69, 9.17) is 0 Å². The van der Waals surface area contributed by atoms with E-state index in [9.17, 15) is 9.90 Å². The Morgan fingerprint density at radius 3 is 2.95 bits per heavy atom. The van der Waals surface area contributed by atoms with Crippen molar-refractivity contribution < 1.29 is 9.90 Å². The van der Waals surface area contributed by atoms with Gasteiger partial charge in [0.25, 0.3) is 0 Å². The number of tetrazole rings is 1. The Kier molecular flexibility index (Phi) is 3.06. The molecule has 0 radical (unpaired) electrons. The fourth-order valence-corrected chi connectivity index (χ4v) is 3.05. The van der Waals surface area contributed by atoms with Crippen molar-refractivity contribution in [1.29, 1.82) is 0 Å². The van der Waals surface area contributed by atoms with Gasteiger partial charge in [-0.05, 0) is 45.7 Å². The van der Waals surface area contributed by atoms with Gasteiger partial charge in [0.1, 0.15) is 0 Å². The van der Waals surface area contributed by atoms with Crippen molar-refractivity contribution in [3.05, 3.63) is 28.2 Å². The molecule has 1 aliphatic carbocycles. The van der Waals surface area contributed by atoms with E-state index in [2.05, 4.69) is 20.9 Å². The predicted octanol–water partition coefficient (Wildman–Crippen LogP) is 1.58. The average molecular weight is 278 g/mol. The van der Waals surface area contributed by atoms with Gasteiger partial charge in [0, 0.05) is 6.42 Å². The van der Waals surface area contributed by atoms with Gasteiger partial charge >= 0.3 is 5.97 Å². The van der Waals surface area contributed by atoms with Crippen molar-refractivity contribution >= 4 is 17.3 Å². The lowest BCUT2D eigenvalue weighted by atomic mass is 9.69. The van der Waals surface area contributed by atoms with Crippen LogP contribution < -0.4 is 0 Å². The maximum atomic E-state index is 11.4. The van der Waals surface area contributed by atoms with E-state index in [0.29, 0.717) is 25.8 Å². The van der Waals surface area contributed by atoms with E-state index < -0.39 is 11.4 Å². The minimum Gasteiger partial charge on any atom is -0.481 e. The first-order valence-corrected chi connectivity index (χ1v) is 7.13. The second kappa shape index (κ2) is 4.73. The average Bonchev–Trinajstić information content (AvgIpc) is 2.96. The first-order valence-electron chi connectivity index (χ1n) is 6.19. The molecular formula is C12H14N4O2S.